The van der Waals surface area contributed by atoms with Crippen LogP contribution in [0.3, 0.4) is 0 Å². The summed E-state index contributed by atoms with van der Waals surface area (Å²) in [6.07, 6.45) is 0. The Morgan fingerprint density at radius 1 is 1.07 bits per heavy atom. The lowest BCUT2D eigenvalue weighted by Gasteiger charge is -2.08. The molecule has 0 spiro atoms. The highest BCUT2D eigenvalue weighted by atomic mass is 35.5. The van der Waals surface area contributed by atoms with Gasteiger partial charge in [-0.1, -0.05) is 23.2 Å². The number of hydrogen-bond donors (Lipinski definition) is 1. The number of amides is 1. The van der Waals surface area contributed by atoms with Crippen LogP contribution in [0.15, 0.2) is 42.5 Å². The van der Waals surface area contributed by atoms with Crippen molar-refractivity contribution in [2.75, 3.05) is 19.8 Å². The fourth-order valence-electron chi connectivity index (χ4n) is 1.98. The maximum absolute atomic E-state index is 12.0. The second kappa shape index (κ2) is 9.75. The van der Waals surface area contributed by atoms with Crippen LogP contribution in [0.4, 0.5) is 5.69 Å². The third-order valence-electron chi connectivity index (χ3n) is 3.22. The molecule has 0 aliphatic heterocycles. The summed E-state index contributed by atoms with van der Waals surface area (Å²) in [5.41, 5.74) is -0.785. The summed E-state index contributed by atoms with van der Waals surface area (Å²) < 4.78 is 10.2. The van der Waals surface area contributed by atoms with Gasteiger partial charge in [-0.2, -0.15) is 0 Å². The van der Waals surface area contributed by atoms with Crippen molar-refractivity contribution in [3.63, 3.8) is 0 Å². The molecule has 8 nitrogen and oxygen atoms in total. The summed E-state index contributed by atoms with van der Waals surface area (Å²) in [5, 5.41) is 14.1. The molecule has 0 unspecified atom stereocenters. The monoisotopic (exact) mass is 412 g/mol. The number of nitrogens with zero attached hydrogens (tertiary/aromatic N) is 1. The molecule has 0 heterocycles. The van der Waals surface area contributed by atoms with Gasteiger partial charge in [0.2, 0.25) is 0 Å². The average molecular weight is 413 g/mol. The van der Waals surface area contributed by atoms with Gasteiger partial charge in [0.05, 0.1) is 11.5 Å². The molecule has 1 N–H and O–H groups in total. The molecule has 0 fully saturated rings. The van der Waals surface area contributed by atoms with Gasteiger partial charge in [-0.15, -0.1) is 0 Å². The molecule has 0 aliphatic carbocycles. The summed E-state index contributed by atoms with van der Waals surface area (Å²) in [5.74, 6) is -1.00. The number of ether oxygens (including phenoxy) is 2. The molecule has 1 amide bonds. The molecule has 0 aliphatic rings. The fraction of sp³-hybridized carbons (Fsp3) is 0.176. The average Bonchev–Trinajstić information content (AvgIpc) is 2.64. The van der Waals surface area contributed by atoms with Crippen LogP contribution in [0.5, 0.6) is 5.75 Å². The smallest absolute Gasteiger partial charge is 0.345 e. The first-order valence-corrected chi connectivity index (χ1v) is 8.38. The van der Waals surface area contributed by atoms with Crippen molar-refractivity contribution in [1.82, 2.24) is 5.32 Å². The molecule has 0 radical (unpaired) electrons. The summed E-state index contributed by atoms with van der Waals surface area (Å²) in [6.45, 7) is -0.221. The maximum Gasteiger partial charge on any atom is 0.345 e. The Kier molecular flexibility index (Phi) is 7.39. The lowest BCUT2D eigenvalue weighted by atomic mass is 10.2. The number of halogens is 2. The molecule has 27 heavy (non-hydrogen) atoms. The van der Waals surface area contributed by atoms with Crippen molar-refractivity contribution < 1.29 is 24.0 Å². The number of hydrogen-bond acceptors (Lipinski definition) is 6. The van der Waals surface area contributed by atoms with E-state index in [0.29, 0.717) is 10.8 Å². The molecule has 0 bridgehead atoms. The minimum atomic E-state index is -1.02. The minimum Gasteiger partial charge on any atom is -0.492 e. The highest BCUT2D eigenvalue weighted by Gasteiger charge is 2.22. The summed E-state index contributed by atoms with van der Waals surface area (Å²) in [6, 6.07) is 10.2. The van der Waals surface area contributed by atoms with E-state index >= 15 is 0 Å². The summed E-state index contributed by atoms with van der Waals surface area (Å²) in [4.78, 5) is 33.9. The van der Waals surface area contributed by atoms with E-state index in [1.54, 1.807) is 24.3 Å². The molecule has 0 saturated carbocycles. The van der Waals surface area contributed by atoms with E-state index in [1.165, 1.54) is 6.07 Å². The molecule has 142 valence electrons. The van der Waals surface area contributed by atoms with Crippen LogP contribution in [-0.2, 0) is 9.53 Å². The van der Waals surface area contributed by atoms with Gasteiger partial charge < -0.3 is 14.8 Å². The van der Waals surface area contributed by atoms with Crippen molar-refractivity contribution in [3.8, 4) is 5.75 Å². The first kappa shape index (κ1) is 20.5. The zero-order valence-corrected chi connectivity index (χ0v) is 15.3. The number of nitro benzene ring substituents is 1. The van der Waals surface area contributed by atoms with Gasteiger partial charge in [0, 0.05) is 16.1 Å². The highest BCUT2D eigenvalue weighted by Crippen LogP contribution is 2.23. The van der Waals surface area contributed by atoms with Crippen molar-refractivity contribution >= 4 is 40.8 Å². The van der Waals surface area contributed by atoms with E-state index in [9.17, 15) is 19.7 Å². The number of carbonyl (C=O) groups excluding carboxylic acids is 2. The lowest BCUT2D eigenvalue weighted by molar-refractivity contribution is -0.385. The molecular formula is C17H14Cl2N2O6. The quantitative estimate of drug-likeness (QED) is 0.308. The van der Waals surface area contributed by atoms with E-state index < -0.39 is 29.1 Å². The highest BCUT2D eigenvalue weighted by molar-refractivity contribution is 6.31. The summed E-state index contributed by atoms with van der Waals surface area (Å²) in [7, 11) is 0. The normalized spacial score (nSPS) is 10.1. The Balaban J connectivity index is 1.77. The zero-order valence-electron chi connectivity index (χ0n) is 13.8. The molecule has 10 heteroatoms. The zero-order chi connectivity index (χ0) is 19.8. The van der Waals surface area contributed by atoms with Gasteiger partial charge in [0.1, 0.15) is 17.9 Å². The van der Waals surface area contributed by atoms with Crippen molar-refractivity contribution in [2.24, 2.45) is 0 Å². The Labute approximate surface area is 164 Å². The third-order valence-corrected chi connectivity index (χ3v) is 3.70. The number of esters is 1. The van der Waals surface area contributed by atoms with E-state index in [1.807, 2.05) is 0 Å². The number of nitro groups is 1. The van der Waals surface area contributed by atoms with Gasteiger partial charge in [-0.25, -0.2) is 4.79 Å². The van der Waals surface area contributed by atoms with Gasteiger partial charge in [0.25, 0.3) is 11.6 Å². The second-order valence-electron chi connectivity index (χ2n) is 5.15. The van der Waals surface area contributed by atoms with E-state index in [4.69, 9.17) is 32.7 Å². The molecule has 2 aromatic carbocycles. The predicted molar refractivity (Wildman–Crippen MR) is 98.3 cm³/mol. The SMILES string of the molecule is O=C(COC(=O)c1cc(Cl)ccc1[N+](=O)[O-])NCCOc1ccc(Cl)cc1. The van der Waals surface area contributed by atoms with Gasteiger partial charge in [-0.05, 0) is 36.4 Å². The third kappa shape index (κ3) is 6.43. The molecular weight excluding hydrogens is 399 g/mol. The second-order valence-corrected chi connectivity index (χ2v) is 6.02. The van der Waals surface area contributed by atoms with Gasteiger partial charge >= 0.3 is 5.97 Å². The van der Waals surface area contributed by atoms with E-state index in [0.717, 1.165) is 12.1 Å². The number of benzene rings is 2. The predicted octanol–water partition coefficient (Wildman–Crippen LogP) is 3.25. The molecule has 0 aromatic heterocycles. The van der Waals surface area contributed by atoms with Crippen molar-refractivity contribution in [1.29, 1.82) is 0 Å². The van der Waals surface area contributed by atoms with Crippen LogP contribution in [0.2, 0.25) is 10.0 Å². The fourth-order valence-corrected chi connectivity index (χ4v) is 2.28. The Bertz CT molecular complexity index is 842. The minimum absolute atomic E-state index is 0.136. The molecule has 0 atom stereocenters. The van der Waals surface area contributed by atoms with Gasteiger partial charge in [-0.3, -0.25) is 14.9 Å². The maximum atomic E-state index is 12.0. The largest absolute Gasteiger partial charge is 0.492 e. The first-order chi connectivity index (χ1) is 12.9. The van der Waals surface area contributed by atoms with Crippen LogP contribution in [0.25, 0.3) is 0 Å². The standard InChI is InChI=1S/C17H14Cl2N2O6/c18-11-1-4-13(5-2-11)26-8-7-20-16(22)10-27-17(23)14-9-12(19)3-6-15(14)21(24)25/h1-6,9H,7-8,10H2,(H,20,22). The van der Waals surface area contributed by atoms with E-state index in [2.05, 4.69) is 5.32 Å². The van der Waals surface area contributed by atoms with Crippen molar-refractivity contribution in [2.45, 2.75) is 0 Å². The van der Waals surface area contributed by atoms with Crippen LogP contribution < -0.4 is 10.1 Å². The number of nitrogens with one attached hydrogen (secondary N) is 1. The van der Waals surface area contributed by atoms with Crippen LogP contribution >= 0.6 is 23.2 Å². The van der Waals surface area contributed by atoms with Crippen LogP contribution in [0.1, 0.15) is 10.4 Å². The topological polar surface area (TPSA) is 108 Å². The van der Waals surface area contributed by atoms with E-state index in [-0.39, 0.29) is 23.7 Å². The number of carbonyl (C=O) groups is 2. The Hall–Kier alpha value is -2.84. The Morgan fingerprint density at radius 3 is 2.41 bits per heavy atom. The molecule has 2 rings (SSSR count). The van der Waals surface area contributed by atoms with Crippen molar-refractivity contribution in [3.05, 3.63) is 68.2 Å². The molecule has 2 aromatic rings. The Morgan fingerprint density at radius 2 is 1.74 bits per heavy atom. The summed E-state index contributed by atoms with van der Waals surface area (Å²) >= 11 is 11.5. The molecule has 0 saturated heterocycles. The van der Waals surface area contributed by atoms with Crippen LogP contribution in [-0.4, -0.2) is 36.6 Å². The number of rotatable bonds is 8. The van der Waals surface area contributed by atoms with Crippen LogP contribution in [0, 0.1) is 10.1 Å². The lowest BCUT2D eigenvalue weighted by Crippen LogP contribution is -2.32. The van der Waals surface area contributed by atoms with Gasteiger partial charge in [0.15, 0.2) is 6.61 Å². The first-order valence-electron chi connectivity index (χ1n) is 7.63.